The van der Waals surface area contributed by atoms with E-state index in [1.54, 1.807) is 18.2 Å². The van der Waals surface area contributed by atoms with Crippen LogP contribution in [-0.2, 0) is 27.8 Å². The quantitative estimate of drug-likeness (QED) is 0.241. The average molecular weight is 619 g/mol. The van der Waals surface area contributed by atoms with E-state index in [1.165, 1.54) is 0 Å². The van der Waals surface area contributed by atoms with Crippen molar-refractivity contribution in [2.75, 3.05) is 62.4 Å². The first-order valence-corrected chi connectivity index (χ1v) is 15.2. The molecule has 0 saturated heterocycles. The number of H-pyrrole nitrogens is 1. The summed E-state index contributed by atoms with van der Waals surface area (Å²) in [4.78, 5) is 29.7. The molecule has 0 atom stereocenters. The van der Waals surface area contributed by atoms with Gasteiger partial charge in [0.2, 0.25) is 15.9 Å². The van der Waals surface area contributed by atoms with E-state index in [1.807, 2.05) is 21.0 Å². The van der Waals surface area contributed by atoms with Crippen LogP contribution in [-0.4, -0.2) is 86.5 Å². The van der Waals surface area contributed by atoms with E-state index < -0.39 is 32.5 Å². The van der Waals surface area contributed by atoms with Gasteiger partial charge in [-0.3, -0.25) is 14.7 Å². The van der Waals surface area contributed by atoms with Gasteiger partial charge in [-0.2, -0.15) is 9.40 Å². The Morgan fingerprint density at radius 3 is 2.47 bits per heavy atom. The molecule has 232 valence electrons. The summed E-state index contributed by atoms with van der Waals surface area (Å²) in [5, 5.41) is 12.5. The van der Waals surface area contributed by atoms with Crippen molar-refractivity contribution in [1.29, 1.82) is 0 Å². The Kier molecular flexibility index (Phi) is 10.1. The normalized spacial score (nSPS) is 13.6. The second-order valence-corrected chi connectivity index (χ2v) is 12.3. The Hall–Kier alpha value is -3.92. The van der Waals surface area contributed by atoms with Gasteiger partial charge in [0.25, 0.3) is 5.91 Å². The van der Waals surface area contributed by atoms with Crippen LogP contribution in [0.15, 0.2) is 41.3 Å². The maximum absolute atomic E-state index is 13.8. The molecule has 12 nitrogen and oxygen atoms in total. The van der Waals surface area contributed by atoms with Crippen molar-refractivity contribution in [2.24, 2.45) is 5.73 Å². The fraction of sp³-hybridized carbons (Fsp3) is 0.393. The molecule has 2 aromatic carbocycles. The monoisotopic (exact) mass is 618 g/mol. The highest BCUT2D eigenvalue weighted by Crippen LogP contribution is 2.30. The number of sulfonamides is 1. The third-order valence-electron chi connectivity index (χ3n) is 7.06. The molecule has 2 amide bonds. The molecular weight excluding hydrogens is 582 g/mol. The highest BCUT2D eigenvalue weighted by molar-refractivity contribution is 7.89. The van der Waals surface area contributed by atoms with Gasteiger partial charge in [-0.25, -0.2) is 17.2 Å². The second kappa shape index (κ2) is 13.6. The van der Waals surface area contributed by atoms with E-state index >= 15 is 0 Å². The molecule has 15 heteroatoms. The van der Waals surface area contributed by atoms with E-state index in [0.717, 1.165) is 35.2 Å². The Labute approximate surface area is 249 Å². The van der Waals surface area contributed by atoms with Gasteiger partial charge in [-0.05, 0) is 51.4 Å². The Balaban J connectivity index is 1.60. The SMILES string of the molecule is CCN(CCN(C)C)c1ccc(C(=O)Nc2n[nH]c3c2CN(S(=O)(=O)c2cc(F)cc(F)c2)CC3)c(NC(=O)CCN)c1. The van der Waals surface area contributed by atoms with E-state index in [-0.39, 0.29) is 49.8 Å². The van der Waals surface area contributed by atoms with Gasteiger partial charge in [0.1, 0.15) is 11.6 Å². The van der Waals surface area contributed by atoms with Crippen LogP contribution in [0.2, 0.25) is 0 Å². The van der Waals surface area contributed by atoms with Crippen LogP contribution < -0.4 is 21.3 Å². The summed E-state index contributed by atoms with van der Waals surface area (Å²) >= 11 is 0. The van der Waals surface area contributed by atoms with Crippen molar-refractivity contribution in [3.63, 3.8) is 0 Å². The molecule has 2 heterocycles. The molecule has 0 fully saturated rings. The van der Waals surface area contributed by atoms with Crippen molar-refractivity contribution in [3.05, 3.63) is 64.9 Å². The van der Waals surface area contributed by atoms with Gasteiger partial charge in [0.15, 0.2) is 5.82 Å². The predicted octanol–water partition coefficient (Wildman–Crippen LogP) is 2.36. The van der Waals surface area contributed by atoms with E-state index in [0.29, 0.717) is 29.6 Å². The number of likely N-dealkylation sites (N-methyl/N-ethyl adjacent to an activating group) is 2. The fourth-order valence-corrected chi connectivity index (χ4v) is 6.20. The van der Waals surface area contributed by atoms with Crippen molar-refractivity contribution < 1.29 is 26.8 Å². The highest BCUT2D eigenvalue weighted by atomic mass is 32.2. The number of carbonyl (C=O) groups excluding carboxylic acids is 2. The maximum atomic E-state index is 13.8. The number of aromatic amines is 1. The Morgan fingerprint density at radius 2 is 1.81 bits per heavy atom. The number of hydrogen-bond acceptors (Lipinski definition) is 8. The van der Waals surface area contributed by atoms with Crippen LogP contribution in [0.3, 0.4) is 0 Å². The maximum Gasteiger partial charge on any atom is 0.258 e. The van der Waals surface area contributed by atoms with Crippen molar-refractivity contribution in [1.82, 2.24) is 19.4 Å². The number of hydrogen-bond donors (Lipinski definition) is 4. The minimum Gasteiger partial charge on any atom is -0.370 e. The number of anilines is 3. The minimum atomic E-state index is -4.24. The molecule has 5 N–H and O–H groups in total. The van der Waals surface area contributed by atoms with Crippen LogP contribution in [0, 0.1) is 11.6 Å². The number of fused-ring (bicyclic) bond motifs is 1. The standard InChI is InChI=1S/C28H36F2N8O4S/c1-4-37(12-11-36(2)3)20-5-6-22(25(16-20)32-26(39)7-9-31)28(40)33-27-23-17-38(10-8-24(23)34-35-27)43(41,42)21-14-18(29)13-19(30)15-21/h5-6,13-16H,4,7-12,17,31H2,1-3H3,(H,32,39)(H2,33,34,35,40). The van der Waals surface area contributed by atoms with Crippen LogP contribution >= 0.6 is 0 Å². The summed E-state index contributed by atoms with van der Waals surface area (Å²) in [6.45, 7) is 4.25. The molecule has 0 aliphatic carbocycles. The number of halogens is 2. The smallest absolute Gasteiger partial charge is 0.258 e. The average Bonchev–Trinajstić information content (AvgIpc) is 3.34. The highest BCUT2D eigenvalue weighted by Gasteiger charge is 2.32. The first-order chi connectivity index (χ1) is 20.4. The zero-order valence-electron chi connectivity index (χ0n) is 24.3. The number of amides is 2. The largest absolute Gasteiger partial charge is 0.370 e. The van der Waals surface area contributed by atoms with E-state index in [4.69, 9.17) is 5.73 Å². The molecule has 0 bridgehead atoms. The number of carbonyl (C=O) groups is 2. The van der Waals surface area contributed by atoms with E-state index in [2.05, 4.69) is 30.6 Å². The zero-order chi connectivity index (χ0) is 31.3. The number of benzene rings is 2. The summed E-state index contributed by atoms with van der Waals surface area (Å²) in [6, 6.07) is 7.25. The van der Waals surface area contributed by atoms with Gasteiger partial charge in [-0.15, -0.1) is 0 Å². The zero-order valence-corrected chi connectivity index (χ0v) is 25.1. The van der Waals surface area contributed by atoms with Crippen LogP contribution in [0.4, 0.5) is 26.0 Å². The molecular formula is C28H36F2N8O4S. The topological polar surface area (TPSA) is 157 Å². The molecule has 3 aromatic rings. The lowest BCUT2D eigenvalue weighted by molar-refractivity contribution is -0.116. The van der Waals surface area contributed by atoms with Gasteiger partial charge < -0.3 is 26.2 Å². The second-order valence-electron chi connectivity index (χ2n) is 10.4. The molecule has 0 spiro atoms. The lowest BCUT2D eigenvalue weighted by Gasteiger charge is -2.27. The molecule has 1 aliphatic heterocycles. The molecule has 4 rings (SSSR count). The lowest BCUT2D eigenvalue weighted by Crippen LogP contribution is -2.36. The molecule has 1 aromatic heterocycles. The minimum absolute atomic E-state index is 0.0452. The van der Waals surface area contributed by atoms with Crippen LogP contribution in [0.25, 0.3) is 0 Å². The fourth-order valence-electron chi connectivity index (χ4n) is 4.74. The van der Waals surface area contributed by atoms with Crippen molar-refractivity contribution in [3.8, 4) is 0 Å². The Bertz CT molecular complexity index is 1580. The van der Waals surface area contributed by atoms with Crippen molar-refractivity contribution >= 4 is 39.0 Å². The van der Waals surface area contributed by atoms with E-state index in [9.17, 15) is 26.8 Å². The van der Waals surface area contributed by atoms with Gasteiger partial charge in [0, 0.05) is 75.1 Å². The summed E-state index contributed by atoms with van der Waals surface area (Å²) in [6.07, 6.45) is 0.305. The van der Waals surface area contributed by atoms with Gasteiger partial charge in [-0.1, -0.05) is 0 Å². The van der Waals surface area contributed by atoms with Gasteiger partial charge >= 0.3 is 0 Å². The molecule has 43 heavy (non-hydrogen) atoms. The number of aromatic nitrogens is 2. The van der Waals surface area contributed by atoms with Crippen LogP contribution in [0.5, 0.6) is 0 Å². The number of nitrogens with two attached hydrogens (primary N) is 1. The van der Waals surface area contributed by atoms with Crippen molar-refractivity contribution in [2.45, 2.75) is 31.2 Å². The van der Waals surface area contributed by atoms with Crippen LogP contribution in [0.1, 0.15) is 35.0 Å². The van der Waals surface area contributed by atoms with Gasteiger partial charge in [0.05, 0.1) is 16.1 Å². The predicted molar refractivity (Wildman–Crippen MR) is 159 cm³/mol. The molecule has 0 radical (unpaired) electrons. The molecule has 0 saturated carbocycles. The molecule has 1 aliphatic rings. The number of rotatable bonds is 12. The summed E-state index contributed by atoms with van der Waals surface area (Å²) < 4.78 is 55.0. The number of nitrogens with one attached hydrogen (secondary N) is 3. The number of nitrogens with zero attached hydrogens (tertiary/aromatic N) is 4. The summed E-state index contributed by atoms with van der Waals surface area (Å²) in [7, 11) is -0.292. The third kappa shape index (κ3) is 7.54. The Morgan fingerprint density at radius 1 is 1.09 bits per heavy atom. The lowest BCUT2D eigenvalue weighted by atomic mass is 10.1. The summed E-state index contributed by atoms with van der Waals surface area (Å²) in [5.74, 6) is -2.83. The summed E-state index contributed by atoms with van der Waals surface area (Å²) in [5.41, 5.74) is 7.87. The molecule has 0 unspecified atom stereocenters. The first kappa shape index (κ1) is 32.0. The third-order valence-corrected chi connectivity index (χ3v) is 8.88. The first-order valence-electron chi connectivity index (χ1n) is 13.8.